The van der Waals surface area contributed by atoms with Gasteiger partial charge in [-0.25, -0.2) is 14.0 Å². The molecule has 0 spiro atoms. The lowest BCUT2D eigenvalue weighted by atomic mass is 9.91. The summed E-state index contributed by atoms with van der Waals surface area (Å²) in [7, 11) is 1.48. The second-order valence-corrected chi connectivity index (χ2v) is 7.52. The number of nitrogens with one attached hydrogen (secondary N) is 2. The Morgan fingerprint density at radius 3 is 2.56 bits per heavy atom. The number of hydrogen-bond donors (Lipinski definition) is 2. The summed E-state index contributed by atoms with van der Waals surface area (Å²) in [5, 5.41) is 5.51. The molecule has 1 unspecified atom stereocenters. The van der Waals surface area contributed by atoms with Gasteiger partial charge in [0, 0.05) is 11.3 Å². The summed E-state index contributed by atoms with van der Waals surface area (Å²) in [6.07, 6.45) is 0. The molecule has 0 saturated carbocycles. The third kappa shape index (κ3) is 5.01. The molecule has 1 aliphatic rings. The molecule has 8 heteroatoms. The van der Waals surface area contributed by atoms with Crippen molar-refractivity contribution >= 4 is 12.0 Å². The first-order chi connectivity index (χ1) is 15.3. The Kier molecular flexibility index (Phi) is 7.35. The zero-order valence-corrected chi connectivity index (χ0v) is 18.5. The van der Waals surface area contributed by atoms with Crippen LogP contribution in [0.3, 0.4) is 0 Å². The molecule has 7 nitrogen and oxygen atoms in total. The Morgan fingerprint density at radius 2 is 1.91 bits per heavy atom. The number of halogens is 1. The van der Waals surface area contributed by atoms with Crippen molar-refractivity contribution in [2.75, 3.05) is 13.7 Å². The summed E-state index contributed by atoms with van der Waals surface area (Å²) in [5.41, 5.74) is 1.88. The van der Waals surface area contributed by atoms with Crippen LogP contribution >= 0.6 is 0 Å². The molecule has 0 aromatic heterocycles. The first-order valence-electron chi connectivity index (χ1n) is 10.4. The van der Waals surface area contributed by atoms with Crippen LogP contribution in [0, 0.1) is 11.7 Å². The van der Waals surface area contributed by atoms with E-state index in [1.807, 2.05) is 13.8 Å². The first kappa shape index (κ1) is 23.1. The molecule has 1 heterocycles. The van der Waals surface area contributed by atoms with Crippen molar-refractivity contribution < 1.29 is 28.2 Å². The summed E-state index contributed by atoms with van der Waals surface area (Å²) < 4.78 is 30.4. The van der Waals surface area contributed by atoms with Crippen LogP contribution < -0.4 is 20.1 Å². The van der Waals surface area contributed by atoms with E-state index in [9.17, 15) is 14.0 Å². The van der Waals surface area contributed by atoms with Gasteiger partial charge in [-0.05, 0) is 36.6 Å². The average Bonchev–Trinajstić information content (AvgIpc) is 2.78. The van der Waals surface area contributed by atoms with Gasteiger partial charge < -0.3 is 24.8 Å². The number of carbonyl (C=O) groups is 2. The average molecular weight is 442 g/mol. The van der Waals surface area contributed by atoms with E-state index in [0.717, 1.165) is 0 Å². The quantitative estimate of drug-likeness (QED) is 0.598. The second-order valence-electron chi connectivity index (χ2n) is 7.52. The maximum Gasteiger partial charge on any atom is 0.338 e. The van der Waals surface area contributed by atoms with Gasteiger partial charge >= 0.3 is 12.0 Å². The lowest BCUT2D eigenvalue weighted by Crippen LogP contribution is -2.47. The Hall–Kier alpha value is -3.55. The molecule has 0 aliphatic carbocycles. The fourth-order valence-corrected chi connectivity index (χ4v) is 3.48. The lowest BCUT2D eigenvalue weighted by molar-refractivity contribution is -0.139. The predicted molar refractivity (Wildman–Crippen MR) is 117 cm³/mol. The standard InChI is InChI=1S/C24H27FN2O5/c1-5-31-23(28)20-21(14(2)3)26-24(29)27-22(20)15-10-11-18(19(12-15)30-4)32-13-16-8-6-7-9-17(16)25/h6-12,14,22H,5,13H2,1-4H3,(H2,26,27,29). The van der Waals surface area contributed by atoms with Crippen LogP contribution in [-0.4, -0.2) is 25.7 Å². The van der Waals surface area contributed by atoms with Gasteiger partial charge in [-0.2, -0.15) is 0 Å². The highest BCUT2D eigenvalue weighted by molar-refractivity contribution is 5.95. The molecule has 32 heavy (non-hydrogen) atoms. The molecular formula is C24H27FN2O5. The molecular weight excluding hydrogens is 415 g/mol. The molecule has 0 radical (unpaired) electrons. The predicted octanol–water partition coefficient (Wildman–Crippen LogP) is 4.24. The number of ether oxygens (including phenoxy) is 3. The molecule has 2 aromatic rings. The molecule has 0 saturated heterocycles. The number of allylic oxidation sites excluding steroid dienone is 1. The van der Waals surface area contributed by atoms with E-state index in [1.54, 1.807) is 43.3 Å². The Labute approximate surface area is 186 Å². The van der Waals surface area contributed by atoms with E-state index in [0.29, 0.717) is 33.9 Å². The fraction of sp³-hybridized carbons (Fsp3) is 0.333. The van der Waals surface area contributed by atoms with Crippen LogP contribution in [0.1, 0.15) is 37.9 Å². The van der Waals surface area contributed by atoms with Gasteiger partial charge in [0.05, 0.1) is 25.3 Å². The number of urea groups is 1. The lowest BCUT2D eigenvalue weighted by Gasteiger charge is -2.31. The first-order valence-corrected chi connectivity index (χ1v) is 10.4. The van der Waals surface area contributed by atoms with Crippen molar-refractivity contribution in [1.82, 2.24) is 10.6 Å². The zero-order chi connectivity index (χ0) is 23.3. The normalized spacial score (nSPS) is 15.8. The van der Waals surface area contributed by atoms with Crippen LogP contribution in [-0.2, 0) is 16.1 Å². The molecule has 3 rings (SSSR count). The number of benzene rings is 2. The van der Waals surface area contributed by atoms with Crippen molar-refractivity contribution in [2.24, 2.45) is 5.92 Å². The van der Waals surface area contributed by atoms with E-state index in [4.69, 9.17) is 14.2 Å². The number of rotatable bonds is 8. The van der Waals surface area contributed by atoms with Crippen molar-refractivity contribution in [2.45, 2.75) is 33.4 Å². The minimum atomic E-state index is -0.727. The fourth-order valence-electron chi connectivity index (χ4n) is 3.48. The number of esters is 1. The number of carbonyl (C=O) groups excluding carboxylic acids is 2. The van der Waals surface area contributed by atoms with Gasteiger partial charge in [0.2, 0.25) is 0 Å². The van der Waals surface area contributed by atoms with Crippen LogP contribution in [0.5, 0.6) is 11.5 Å². The molecule has 1 aliphatic heterocycles. The second kappa shape index (κ2) is 10.2. The maximum atomic E-state index is 13.9. The minimum Gasteiger partial charge on any atom is -0.493 e. The van der Waals surface area contributed by atoms with Crippen LogP contribution in [0.2, 0.25) is 0 Å². The van der Waals surface area contributed by atoms with Crippen molar-refractivity contribution in [3.8, 4) is 11.5 Å². The number of methoxy groups -OCH3 is 1. The summed E-state index contributed by atoms with van der Waals surface area (Å²) in [6, 6.07) is 10.3. The van der Waals surface area contributed by atoms with Crippen LogP contribution in [0.4, 0.5) is 9.18 Å². The monoisotopic (exact) mass is 442 g/mol. The van der Waals surface area contributed by atoms with Crippen molar-refractivity contribution in [3.63, 3.8) is 0 Å². The Balaban J connectivity index is 1.95. The van der Waals surface area contributed by atoms with Crippen molar-refractivity contribution in [3.05, 3.63) is 70.7 Å². The van der Waals surface area contributed by atoms with Crippen LogP contribution in [0.15, 0.2) is 53.7 Å². The number of hydrogen-bond acceptors (Lipinski definition) is 5. The van der Waals surface area contributed by atoms with Gasteiger partial charge in [0.25, 0.3) is 0 Å². The molecule has 0 fully saturated rings. The molecule has 2 amide bonds. The summed E-state index contributed by atoms with van der Waals surface area (Å²) >= 11 is 0. The van der Waals surface area contributed by atoms with E-state index in [1.165, 1.54) is 13.2 Å². The summed E-state index contributed by atoms with van der Waals surface area (Å²) in [4.78, 5) is 25.1. The molecule has 1 atom stereocenters. The molecule has 0 bridgehead atoms. The Morgan fingerprint density at radius 1 is 1.16 bits per heavy atom. The zero-order valence-electron chi connectivity index (χ0n) is 18.5. The highest BCUT2D eigenvalue weighted by Gasteiger charge is 2.35. The molecule has 2 N–H and O–H groups in total. The summed E-state index contributed by atoms with van der Waals surface area (Å²) in [5.74, 6) is -0.168. The molecule has 2 aromatic carbocycles. The Bertz CT molecular complexity index is 1030. The minimum absolute atomic E-state index is 0.0257. The van der Waals surface area contributed by atoms with E-state index < -0.39 is 18.0 Å². The largest absolute Gasteiger partial charge is 0.493 e. The van der Waals surface area contributed by atoms with Gasteiger partial charge in [-0.3, -0.25) is 0 Å². The van der Waals surface area contributed by atoms with E-state index in [-0.39, 0.29) is 24.9 Å². The van der Waals surface area contributed by atoms with Crippen LogP contribution in [0.25, 0.3) is 0 Å². The number of amides is 2. The van der Waals surface area contributed by atoms with Gasteiger partial charge in [-0.15, -0.1) is 0 Å². The van der Waals surface area contributed by atoms with Gasteiger partial charge in [0.15, 0.2) is 11.5 Å². The maximum absolute atomic E-state index is 13.9. The third-order valence-corrected chi connectivity index (χ3v) is 5.04. The highest BCUT2D eigenvalue weighted by Crippen LogP contribution is 2.36. The molecule has 170 valence electrons. The topological polar surface area (TPSA) is 85.9 Å². The highest BCUT2D eigenvalue weighted by atomic mass is 19.1. The third-order valence-electron chi connectivity index (χ3n) is 5.04. The smallest absolute Gasteiger partial charge is 0.338 e. The summed E-state index contributed by atoms with van der Waals surface area (Å²) in [6.45, 7) is 5.73. The van der Waals surface area contributed by atoms with Crippen molar-refractivity contribution in [1.29, 1.82) is 0 Å². The SMILES string of the molecule is CCOC(=O)C1=C(C(C)C)NC(=O)NC1c1ccc(OCc2ccccc2F)c(OC)c1. The van der Waals surface area contributed by atoms with E-state index in [2.05, 4.69) is 10.6 Å². The van der Waals surface area contributed by atoms with Gasteiger partial charge in [0.1, 0.15) is 12.4 Å². The van der Waals surface area contributed by atoms with E-state index >= 15 is 0 Å². The van der Waals surface area contributed by atoms with Gasteiger partial charge in [-0.1, -0.05) is 38.1 Å².